The van der Waals surface area contributed by atoms with Crippen LogP contribution in [0.1, 0.15) is 46.3 Å². The minimum absolute atomic E-state index is 0.179. The van der Waals surface area contributed by atoms with E-state index in [9.17, 15) is 14.0 Å². The van der Waals surface area contributed by atoms with Crippen LogP contribution in [0.3, 0.4) is 0 Å². The Kier molecular flexibility index (Phi) is 8.15. The predicted octanol–water partition coefficient (Wildman–Crippen LogP) is 5.57. The quantitative estimate of drug-likeness (QED) is 0.466. The van der Waals surface area contributed by atoms with E-state index in [0.717, 1.165) is 27.4 Å². The number of carbonyl (C=O) groups excluding carboxylic acids is 2. The summed E-state index contributed by atoms with van der Waals surface area (Å²) in [5, 5.41) is 3.87. The topological polar surface area (TPSA) is 61.9 Å². The minimum atomic E-state index is -0.311. The molecule has 1 saturated heterocycles. The van der Waals surface area contributed by atoms with Gasteiger partial charge in [0, 0.05) is 42.2 Å². The molecule has 1 atom stereocenters. The molecule has 2 aromatic carbocycles. The number of thiophene rings is 1. The number of benzene rings is 2. The Balaban J connectivity index is 1.67. The fourth-order valence-electron chi connectivity index (χ4n) is 4.34. The summed E-state index contributed by atoms with van der Waals surface area (Å²) in [6.07, 6.45) is 0.514. The van der Waals surface area contributed by atoms with Crippen molar-refractivity contribution >= 4 is 28.3 Å². The Hall–Kier alpha value is -3.23. The Morgan fingerprint density at radius 1 is 1.03 bits per heavy atom. The lowest BCUT2D eigenvalue weighted by molar-refractivity contribution is 0.0715. The van der Waals surface area contributed by atoms with Gasteiger partial charge in [-0.1, -0.05) is 37.3 Å². The SMILES string of the molecule is CCOC(=O)N1CCN([C@H](c2cccc(F)c2)c2cc(CC)sc2NC(=O)c2ccccc2)CC1. The molecular formula is C27H30FN3O3S. The van der Waals surface area contributed by atoms with Crippen molar-refractivity contribution < 1.29 is 18.7 Å². The first-order chi connectivity index (χ1) is 17.0. The van der Waals surface area contributed by atoms with E-state index in [4.69, 9.17) is 4.74 Å². The fourth-order valence-corrected chi connectivity index (χ4v) is 5.36. The van der Waals surface area contributed by atoms with Crippen molar-refractivity contribution in [1.82, 2.24) is 9.80 Å². The summed E-state index contributed by atoms with van der Waals surface area (Å²) in [4.78, 5) is 30.3. The van der Waals surface area contributed by atoms with Crippen molar-refractivity contribution in [3.63, 3.8) is 0 Å². The zero-order valence-electron chi connectivity index (χ0n) is 20.0. The van der Waals surface area contributed by atoms with Gasteiger partial charge >= 0.3 is 6.09 Å². The number of amides is 2. The molecule has 6 nitrogen and oxygen atoms in total. The summed E-state index contributed by atoms with van der Waals surface area (Å²) in [5.41, 5.74) is 2.33. The van der Waals surface area contributed by atoms with Gasteiger partial charge in [-0.25, -0.2) is 9.18 Å². The van der Waals surface area contributed by atoms with E-state index >= 15 is 0 Å². The van der Waals surface area contributed by atoms with Gasteiger partial charge in [-0.15, -0.1) is 11.3 Å². The van der Waals surface area contributed by atoms with E-state index in [0.29, 0.717) is 38.3 Å². The van der Waals surface area contributed by atoms with E-state index in [2.05, 4.69) is 23.2 Å². The largest absolute Gasteiger partial charge is 0.450 e. The monoisotopic (exact) mass is 495 g/mol. The van der Waals surface area contributed by atoms with Crippen LogP contribution in [-0.4, -0.2) is 54.6 Å². The molecule has 0 unspecified atom stereocenters. The lowest BCUT2D eigenvalue weighted by Gasteiger charge is -2.39. The van der Waals surface area contributed by atoms with Crippen LogP contribution in [0.2, 0.25) is 0 Å². The average Bonchev–Trinajstić information content (AvgIpc) is 3.27. The standard InChI is InChI=1S/C27H30FN3O3S/c1-3-22-18-23(26(35-22)29-25(32)19-9-6-5-7-10-19)24(20-11-8-12-21(28)17-20)30-13-15-31(16-14-30)27(33)34-4-2/h5-12,17-18,24H,3-4,13-16H2,1-2H3,(H,29,32)/t24-/m1/s1. The molecular weight excluding hydrogens is 465 g/mol. The van der Waals surface area contributed by atoms with Crippen molar-refractivity contribution in [2.24, 2.45) is 0 Å². The van der Waals surface area contributed by atoms with Crippen molar-refractivity contribution in [1.29, 1.82) is 0 Å². The first-order valence-electron chi connectivity index (χ1n) is 11.9. The van der Waals surface area contributed by atoms with Crippen LogP contribution in [0.25, 0.3) is 0 Å². The zero-order chi connectivity index (χ0) is 24.8. The number of aryl methyl sites for hydroxylation is 1. The second-order valence-corrected chi connectivity index (χ2v) is 9.49. The molecule has 1 N–H and O–H groups in total. The number of piperazine rings is 1. The number of ether oxygens (including phenoxy) is 1. The second kappa shape index (κ2) is 11.5. The van der Waals surface area contributed by atoms with Crippen molar-refractivity contribution in [3.8, 4) is 0 Å². The number of anilines is 1. The predicted molar refractivity (Wildman–Crippen MR) is 137 cm³/mol. The van der Waals surface area contributed by atoms with Crippen molar-refractivity contribution in [3.05, 3.63) is 88.0 Å². The molecule has 1 aliphatic heterocycles. The number of rotatable bonds is 7. The summed E-state index contributed by atoms with van der Waals surface area (Å²) in [5.74, 6) is -0.486. The molecule has 2 heterocycles. The first-order valence-corrected chi connectivity index (χ1v) is 12.7. The molecule has 35 heavy (non-hydrogen) atoms. The number of carbonyl (C=O) groups is 2. The zero-order valence-corrected chi connectivity index (χ0v) is 20.8. The molecule has 3 aromatic rings. The van der Waals surface area contributed by atoms with Crippen LogP contribution in [0.5, 0.6) is 0 Å². The smallest absolute Gasteiger partial charge is 0.409 e. The van der Waals surface area contributed by atoms with Crippen molar-refractivity contribution in [2.75, 3.05) is 38.1 Å². The maximum Gasteiger partial charge on any atom is 0.409 e. The molecule has 0 radical (unpaired) electrons. The first kappa shape index (κ1) is 24.9. The third kappa shape index (κ3) is 5.89. The Morgan fingerprint density at radius 3 is 2.43 bits per heavy atom. The molecule has 184 valence electrons. The summed E-state index contributed by atoms with van der Waals surface area (Å²) >= 11 is 1.55. The number of hydrogen-bond donors (Lipinski definition) is 1. The van der Waals surface area contributed by atoms with Gasteiger partial charge in [0.1, 0.15) is 10.8 Å². The van der Waals surface area contributed by atoms with Crippen molar-refractivity contribution in [2.45, 2.75) is 26.3 Å². The highest BCUT2D eigenvalue weighted by molar-refractivity contribution is 7.16. The second-order valence-electron chi connectivity index (χ2n) is 8.35. The van der Waals surface area contributed by atoms with Gasteiger partial charge in [-0.05, 0) is 49.2 Å². The maximum atomic E-state index is 14.3. The number of nitrogens with one attached hydrogen (secondary N) is 1. The van der Waals surface area contributed by atoms with Gasteiger partial charge in [-0.3, -0.25) is 9.69 Å². The molecule has 1 fully saturated rings. The summed E-state index contributed by atoms with van der Waals surface area (Å²) in [7, 11) is 0. The van der Waals surface area contributed by atoms with Gasteiger partial charge < -0.3 is 15.0 Å². The molecule has 4 rings (SSSR count). The highest BCUT2D eigenvalue weighted by Gasteiger charge is 2.31. The molecule has 0 aliphatic carbocycles. The van der Waals surface area contributed by atoms with E-state index in [1.54, 1.807) is 47.4 Å². The van der Waals surface area contributed by atoms with Crippen LogP contribution in [-0.2, 0) is 11.2 Å². The van der Waals surface area contributed by atoms with Gasteiger partial charge in [0.05, 0.1) is 12.6 Å². The lowest BCUT2D eigenvalue weighted by Crippen LogP contribution is -2.50. The highest BCUT2D eigenvalue weighted by Crippen LogP contribution is 2.40. The van der Waals surface area contributed by atoms with Crippen LogP contribution in [0.15, 0.2) is 60.7 Å². The molecule has 1 aromatic heterocycles. The molecule has 8 heteroatoms. The van der Waals surface area contributed by atoms with Crippen LogP contribution in [0.4, 0.5) is 14.2 Å². The summed E-state index contributed by atoms with van der Waals surface area (Å²) in [6, 6.07) is 17.6. The van der Waals surface area contributed by atoms with Gasteiger partial charge in [0.25, 0.3) is 5.91 Å². The summed E-state index contributed by atoms with van der Waals surface area (Å²) in [6.45, 7) is 6.44. The van der Waals surface area contributed by atoms with Gasteiger partial charge in [-0.2, -0.15) is 0 Å². The Labute approximate surface area is 209 Å². The maximum absolute atomic E-state index is 14.3. The van der Waals surface area contributed by atoms with Crippen LogP contribution < -0.4 is 5.32 Å². The molecule has 0 spiro atoms. The van der Waals surface area contributed by atoms with E-state index in [1.807, 2.05) is 24.3 Å². The number of nitrogens with zero attached hydrogens (tertiary/aromatic N) is 2. The van der Waals surface area contributed by atoms with E-state index in [1.165, 1.54) is 6.07 Å². The molecule has 2 amide bonds. The summed E-state index contributed by atoms with van der Waals surface area (Å²) < 4.78 is 19.5. The average molecular weight is 496 g/mol. The van der Waals surface area contributed by atoms with Crippen LogP contribution >= 0.6 is 11.3 Å². The third-order valence-corrected chi connectivity index (χ3v) is 7.30. The Morgan fingerprint density at radius 2 is 1.77 bits per heavy atom. The molecule has 0 bridgehead atoms. The molecule has 0 saturated carbocycles. The lowest BCUT2D eigenvalue weighted by atomic mass is 9.97. The third-order valence-electron chi connectivity index (χ3n) is 6.09. The van der Waals surface area contributed by atoms with Gasteiger partial charge in [0.2, 0.25) is 0 Å². The normalized spacial score (nSPS) is 15.0. The Bertz CT molecular complexity index is 1160. The fraction of sp³-hybridized carbons (Fsp3) is 0.333. The van der Waals surface area contributed by atoms with Gasteiger partial charge in [0.15, 0.2) is 0 Å². The molecule has 1 aliphatic rings. The highest BCUT2D eigenvalue weighted by atomic mass is 32.1. The number of halogens is 1. The van der Waals surface area contributed by atoms with Crippen LogP contribution in [0, 0.1) is 5.82 Å². The van der Waals surface area contributed by atoms with E-state index in [-0.39, 0.29) is 23.9 Å². The van der Waals surface area contributed by atoms with E-state index < -0.39 is 0 Å². The number of hydrogen-bond acceptors (Lipinski definition) is 5. The minimum Gasteiger partial charge on any atom is -0.450 e.